The van der Waals surface area contributed by atoms with Crippen LogP contribution in [0.4, 0.5) is 0 Å². The molecule has 0 spiro atoms. The third-order valence-electron chi connectivity index (χ3n) is 5.73. The van der Waals surface area contributed by atoms with Gasteiger partial charge in [0, 0.05) is 12.4 Å². The third kappa shape index (κ3) is 1.21. The lowest BCUT2D eigenvalue weighted by Crippen LogP contribution is -2.64. The Balaban J connectivity index is 1.80. The maximum Gasteiger partial charge on any atom is 0.243 e. The third-order valence-corrected chi connectivity index (χ3v) is 5.73. The molecule has 0 amide bonds. The Hall–Kier alpha value is -2.35. The molecule has 3 aliphatic heterocycles. The molecule has 0 saturated heterocycles. The predicted octanol–water partition coefficient (Wildman–Crippen LogP) is 1.31. The molecule has 2 heteroatoms. The fourth-order valence-electron chi connectivity index (χ4n) is 4.95. The maximum atomic E-state index is 4.52. The van der Waals surface area contributed by atoms with E-state index in [2.05, 4.69) is 53.8 Å². The Morgan fingerprint density at radius 2 is 1.00 bits per heavy atom. The van der Waals surface area contributed by atoms with Crippen LogP contribution in [0.1, 0.15) is 33.4 Å². The first kappa shape index (κ1) is 11.3. The van der Waals surface area contributed by atoms with E-state index >= 15 is 0 Å². The Morgan fingerprint density at radius 1 is 0.591 bits per heavy atom. The van der Waals surface area contributed by atoms with Crippen LogP contribution in [0.3, 0.4) is 0 Å². The summed E-state index contributed by atoms with van der Waals surface area (Å²) in [5.74, 6) is 0. The molecular formula is C20H14BN. The highest BCUT2D eigenvalue weighted by molar-refractivity contribution is 6.98. The second kappa shape index (κ2) is 3.70. The zero-order valence-corrected chi connectivity index (χ0v) is 12.3. The maximum absolute atomic E-state index is 4.52. The first-order valence-corrected chi connectivity index (χ1v) is 8.07. The number of nitrogens with zero attached hydrogens (tertiary/aromatic N) is 1. The van der Waals surface area contributed by atoms with E-state index in [9.17, 15) is 0 Å². The van der Waals surface area contributed by atoms with E-state index in [1.54, 1.807) is 16.4 Å². The Kier molecular flexibility index (Phi) is 1.89. The molecule has 1 aromatic heterocycles. The van der Waals surface area contributed by atoms with Crippen molar-refractivity contribution in [3.05, 3.63) is 82.2 Å². The smallest absolute Gasteiger partial charge is 0.243 e. The van der Waals surface area contributed by atoms with Crippen molar-refractivity contribution >= 4 is 23.1 Å². The first-order chi connectivity index (χ1) is 10.9. The summed E-state index contributed by atoms with van der Waals surface area (Å²) in [6.07, 6.45) is 7.38. The average molecular weight is 279 g/mol. The van der Waals surface area contributed by atoms with E-state index < -0.39 is 0 Å². The largest absolute Gasteiger partial charge is 0.264 e. The molecule has 1 nitrogen and oxygen atoms in total. The summed E-state index contributed by atoms with van der Waals surface area (Å²) in [5.41, 5.74) is 13.7. The standard InChI is InChI=1S/C20H14BN/c1-3-12-7-13-4-2-6-15-9-17-11-22-10-16-8-14(5-1)18(12)21(19(13)15)20(16)17/h1-6,10-11H,7-9H2. The second-order valence-corrected chi connectivity index (χ2v) is 6.81. The van der Waals surface area contributed by atoms with Crippen molar-refractivity contribution in [1.29, 1.82) is 0 Å². The molecule has 0 atom stereocenters. The number of hydrogen-bond acceptors (Lipinski definition) is 1. The van der Waals surface area contributed by atoms with Crippen LogP contribution in [-0.4, -0.2) is 11.7 Å². The first-order valence-electron chi connectivity index (χ1n) is 8.07. The molecular weight excluding hydrogens is 265 g/mol. The van der Waals surface area contributed by atoms with Gasteiger partial charge in [-0.1, -0.05) is 52.8 Å². The van der Waals surface area contributed by atoms with Crippen LogP contribution in [0.25, 0.3) is 0 Å². The minimum atomic E-state index is 0.460. The molecule has 0 fully saturated rings. The molecule has 3 aliphatic rings. The minimum absolute atomic E-state index is 0.460. The van der Waals surface area contributed by atoms with Crippen molar-refractivity contribution in [3.63, 3.8) is 0 Å². The van der Waals surface area contributed by atoms with Crippen molar-refractivity contribution in [2.24, 2.45) is 0 Å². The predicted molar refractivity (Wildman–Crippen MR) is 90.2 cm³/mol. The summed E-state index contributed by atoms with van der Waals surface area (Å²) in [5, 5.41) is 0. The molecule has 0 saturated carbocycles. The Morgan fingerprint density at radius 3 is 1.50 bits per heavy atom. The van der Waals surface area contributed by atoms with Crippen LogP contribution in [0, 0.1) is 0 Å². The van der Waals surface area contributed by atoms with Crippen molar-refractivity contribution in [2.75, 3.05) is 0 Å². The number of rotatable bonds is 0. The van der Waals surface area contributed by atoms with Crippen LogP contribution >= 0.6 is 0 Å². The molecule has 22 heavy (non-hydrogen) atoms. The van der Waals surface area contributed by atoms with Crippen molar-refractivity contribution in [3.8, 4) is 0 Å². The Bertz CT molecular complexity index is 785. The summed E-state index contributed by atoms with van der Waals surface area (Å²) in [6.45, 7) is 0.460. The highest BCUT2D eigenvalue weighted by atomic mass is 14.6. The number of hydrogen-bond donors (Lipinski definition) is 0. The fourth-order valence-corrected chi connectivity index (χ4v) is 4.95. The van der Waals surface area contributed by atoms with Gasteiger partial charge in [0.15, 0.2) is 0 Å². The molecule has 0 radical (unpaired) electrons. The summed E-state index contributed by atoms with van der Waals surface area (Å²) < 4.78 is 0. The van der Waals surface area contributed by atoms with Gasteiger partial charge in [-0.15, -0.1) is 0 Å². The number of benzene rings is 2. The van der Waals surface area contributed by atoms with Gasteiger partial charge in [-0.2, -0.15) is 0 Å². The van der Waals surface area contributed by atoms with Crippen LogP contribution < -0.4 is 16.4 Å². The molecule has 2 aromatic carbocycles. The molecule has 0 bridgehead atoms. The van der Waals surface area contributed by atoms with Gasteiger partial charge in [-0.3, -0.25) is 4.98 Å². The summed E-state index contributed by atoms with van der Waals surface area (Å²) in [4.78, 5) is 4.52. The van der Waals surface area contributed by atoms with Crippen LogP contribution in [0.15, 0.2) is 48.8 Å². The SMILES string of the molecule is c1cc2c3c(c1)Cc1cncc4c1B3c1c(cccc1C4)C2. The van der Waals surface area contributed by atoms with Gasteiger partial charge in [0.1, 0.15) is 0 Å². The van der Waals surface area contributed by atoms with E-state index in [0.29, 0.717) is 6.71 Å². The van der Waals surface area contributed by atoms with Gasteiger partial charge < -0.3 is 0 Å². The number of pyridine rings is 1. The lowest BCUT2D eigenvalue weighted by atomic mass is 9.28. The van der Waals surface area contributed by atoms with Gasteiger partial charge in [-0.25, -0.2) is 0 Å². The molecule has 0 N–H and O–H groups in total. The van der Waals surface area contributed by atoms with Gasteiger partial charge in [0.25, 0.3) is 0 Å². The summed E-state index contributed by atoms with van der Waals surface area (Å²) >= 11 is 0. The normalized spacial score (nSPS) is 15.5. The zero-order chi connectivity index (χ0) is 14.3. The lowest BCUT2D eigenvalue weighted by molar-refractivity contribution is 1.06. The van der Waals surface area contributed by atoms with E-state index in [4.69, 9.17) is 0 Å². The second-order valence-electron chi connectivity index (χ2n) is 6.81. The monoisotopic (exact) mass is 279 g/mol. The van der Waals surface area contributed by atoms with Crippen molar-refractivity contribution in [1.82, 2.24) is 4.98 Å². The average Bonchev–Trinajstić information content (AvgIpc) is 2.55. The molecule has 3 aromatic rings. The number of aromatic nitrogens is 1. The topological polar surface area (TPSA) is 12.9 Å². The van der Waals surface area contributed by atoms with Gasteiger partial charge in [0.2, 0.25) is 6.71 Å². The molecule has 102 valence electrons. The quantitative estimate of drug-likeness (QED) is 0.382. The van der Waals surface area contributed by atoms with Gasteiger partial charge >= 0.3 is 0 Å². The fraction of sp³-hybridized carbons (Fsp3) is 0.150. The van der Waals surface area contributed by atoms with E-state index in [0.717, 1.165) is 19.3 Å². The molecule has 0 unspecified atom stereocenters. The van der Waals surface area contributed by atoms with Gasteiger partial charge in [0.05, 0.1) is 0 Å². The summed E-state index contributed by atoms with van der Waals surface area (Å²) in [7, 11) is 0. The minimum Gasteiger partial charge on any atom is -0.264 e. The highest BCUT2D eigenvalue weighted by Gasteiger charge is 2.41. The van der Waals surface area contributed by atoms with Crippen LogP contribution in [0.5, 0.6) is 0 Å². The van der Waals surface area contributed by atoms with Crippen LogP contribution in [-0.2, 0) is 19.3 Å². The molecule has 6 rings (SSSR count). The zero-order valence-electron chi connectivity index (χ0n) is 12.3. The van der Waals surface area contributed by atoms with Gasteiger partial charge in [-0.05, 0) is 52.6 Å². The summed E-state index contributed by atoms with van der Waals surface area (Å²) in [6, 6.07) is 13.7. The van der Waals surface area contributed by atoms with E-state index in [1.807, 2.05) is 0 Å². The van der Waals surface area contributed by atoms with E-state index in [1.165, 1.54) is 33.4 Å². The Labute approximate surface area is 130 Å². The lowest BCUT2D eigenvalue weighted by Gasteiger charge is -2.38. The van der Waals surface area contributed by atoms with Crippen molar-refractivity contribution in [2.45, 2.75) is 19.3 Å². The highest BCUT2D eigenvalue weighted by Crippen LogP contribution is 2.27. The molecule has 0 aliphatic carbocycles. The van der Waals surface area contributed by atoms with Crippen LogP contribution in [0.2, 0.25) is 0 Å². The molecule has 4 heterocycles. The van der Waals surface area contributed by atoms with Crippen molar-refractivity contribution < 1.29 is 0 Å². The van der Waals surface area contributed by atoms with E-state index in [-0.39, 0.29) is 0 Å².